The highest BCUT2D eigenvalue weighted by atomic mass is 19.3. The molecule has 0 unspecified atom stereocenters. The highest BCUT2D eigenvalue weighted by Gasteiger charge is 2.31. The van der Waals surface area contributed by atoms with Gasteiger partial charge in [-0.3, -0.25) is 9.67 Å². The van der Waals surface area contributed by atoms with Crippen molar-refractivity contribution in [2.45, 2.75) is 25.3 Å². The molecule has 2 heterocycles. The van der Waals surface area contributed by atoms with E-state index in [1.807, 2.05) is 30.3 Å². The van der Waals surface area contributed by atoms with Gasteiger partial charge >= 0.3 is 0 Å². The maximum absolute atomic E-state index is 13.5. The molecule has 2 aromatic heterocycles. The summed E-state index contributed by atoms with van der Waals surface area (Å²) in [4.78, 5) is 8.77. The largest absolute Gasteiger partial charge is 0.282 e. The van der Waals surface area contributed by atoms with Gasteiger partial charge in [0.05, 0.1) is 35.0 Å². The lowest BCUT2D eigenvalue weighted by Crippen LogP contribution is -2.25. The van der Waals surface area contributed by atoms with Gasteiger partial charge in [0.2, 0.25) is 0 Å². The zero-order valence-corrected chi connectivity index (χ0v) is 13.8. The Kier molecular flexibility index (Phi) is 4.17. The minimum absolute atomic E-state index is 0.0583. The average molecular weight is 351 g/mol. The highest BCUT2D eigenvalue weighted by Crippen LogP contribution is 2.40. The van der Waals surface area contributed by atoms with Crippen molar-refractivity contribution in [3.8, 4) is 17.3 Å². The quantitative estimate of drug-likeness (QED) is 0.651. The molecule has 0 atom stereocenters. The summed E-state index contributed by atoms with van der Waals surface area (Å²) in [5, 5.41) is 12.7. The normalized spacial score (nSPS) is 19.8. The molecular formula is C19H15F2N5. The first-order valence-corrected chi connectivity index (χ1v) is 8.31. The van der Waals surface area contributed by atoms with Gasteiger partial charge < -0.3 is 0 Å². The molecule has 1 fully saturated rings. The summed E-state index contributed by atoms with van der Waals surface area (Å²) in [6.07, 6.45) is 5.34. The van der Waals surface area contributed by atoms with Crippen LogP contribution in [0.5, 0.6) is 0 Å². The SMILES string of the molecule is N#C/C=C/[C@H]1C[C@H](n2cc(-c3cnc4ccccc4n3)c(C(F)F)n2)C1. The van der Waals surface area contributed by atoms with Crippen molar-refractivity contribution in [3.63, 3.8) is 0 Å². The molecular weight excluding hydrogens is 336 g/mol. The average Bonchev–Trinajstić information content (AvgIpc) is 3.05. The number of rotatable bonds is 4. The van der Waals surface area contributed by atoms with Crippen molar-refractivity contribution in [2.24, 2.45) is 5.92 Å². The van der Waals surface area contributed by atoms with Crippen LogP contribution in [0.15, 0.2) is 48.8 Å². The number of hydrogen-bond acceptors (Lipinski definition) is 4. The fourth-order valence-electron chi connectivity index (χ4n) is 3.22. The summed E-state index contributed by atoms with van der Waals surface area (Å²) >= 11 is 0. The van der Waals surface area contributed by atoms with Crippen LogP contribution in [0.1, 0.15) is 31.0 Å². The molecule has 1 saturated carbocycles. The fourth-order valence-corrected chi connectivity index (χ4v) is 3.22. The van der Waals surface area contributed by atoms with Crippen molar-refractivity contribution in [3.05, 3.63) is 54.5 Å². The Bertz CT molecular complexity index is 1010. The summed E-state index contributed by atoms with van der Waals surface area (Å²) < 4.78 is 28.6. The van der Waals surface area contributed by atoms with Gasteiger partial charge in [0, 0.05) is 17.8 Å². The molecule has 0 bridgehead atoms. The third-order valence-corrected chi connectivity index (χ3v) is 4.66. The van der Waals surface area contributed by atoms with Crippen molar-refractivity contribution < 1.29 is 8.78 Å². The van der Waals surface area contributed by atoms with Crippen LogP contribution in [0.3, 0.4) is 0 Å². The molecule has 4 rings (SSSR count). The Balaban J connectivity index is 1.66. The third kappa shape index (κ3) is 2.94. The third-order valence-electron chi connectivity index (χ3n) is 4.66. The van der Waals surface area contributed by atoms with Crippen molar-refractivity contribution in [2.75, 3.05) is 0 Å². The molecule has 1 aromatic carbocycles. The van der Waals surface area contributed by atoms with Crippen LogP contribution in [0.4, 0.5) is 8.78 Å². The van der Waals surface area contributed by atoms with Crippen LogP contribution in [-0.4, -0.2) is 19.7 Å². The van der Waals surface area contributed by atoms with Gasteiger partial charge in [0.1, 0.15) is 5.69 Å². The summed E-state index contributed by atoms with van der Waals surface area (Å²) in [6, 6.07) is 9.34. The van der Waals surface area contributed by atoms with E-state index in [2.05, 4.69) is 15.1 Å². The van der Waals surface area contributed by atoms with Crippen LogP contribution in [0, 0.1) is 17.2 Å². The Morgan fingerprint density at radius 2 is 2.00 bits per heavy atom. The lowest BCUT2D eigenvalue weighted by Gasteiger charge is -2.33. The maximum atomic E-state index is 13.5. The first-order valence-electron chi connectivity index (χ1n) is 8.31. The van der Waals surface area contributed by atoms with E-state index >= 15 is 0 Å². The Morgan fingerprint density at radius 1 is 1.23 bits per heavy atom. The molecule has 0 amide bonds. The number of nitriles is 1. The second kappa shape index (κ2) is 6.64. The van der Waals surface area contributed by atoms with Crippen LogP contribution in [0.25, 0.3) is 22.3 Å². The van der Waals surface area contributed by atoms with Crippen molar-refractivity contribution in [1.29, 1.82) is 5.26 Å². The molecule has 0 radical (unpaired) electrons. The van der Waals surface area contributed by atoms with Gasteiger partial charge in [0.15, 0.2) is 0 Å². The second-order valence-corrected chi connectivity index (χ2v) is 6.33. The van der Waals surface area contributed by atoms with Crippen molar-refractivity contribution in [1.82, 2.24) is 19.7 Å². The summed E-state index contributed by atoms with van der Waals surface area (Å²) in [5.41, 5.74) is 1.81. The number of halogens is 2. The summed E-state index contributed by atoms with van der Waals surface area (Å²) in [7, 11) is 0. The second-order valence-electron chi connectivity index (χ2n) is 6.33. The molecule has 0 spiro atoms. The highest BCUT2D eigenvalue weighted by molar-refractivity contribution is 5.77. The van der Waals surface area contributed by atoms with E-state index < -0.39 is 6.43 Å². The van der Waals surface area contributed by atoms with E-state index in [-0.39, 0.29) is 11.7 Å². The van der Waals surface area contributed by atoms with E-state index in [9.17, 15) is 8.78 Å². The molecule has 7 heteroatoms. The first kappa shape index (κ1) is 16.3. The molecule has 0 N–H and O–H groups in total. The number of fused-ring (bicyclic) bond motifs is 1. The van der Waals surface area contributed by atoms with E-state index in [0.29, 0.717) is 28.2 Å². The zero-order chi connectivity index (χ0) is 18.1. The van der Waals surface area contributed by atoms with E-state index in [1.54, 1.807) is 16.9 Å². The molecule has 0 saturated heterocycles. The monoisotopic (exact) mass is 351 g/mol. The number of benzene rings is 1. The standard InChI is InChI=1S/C19H15F2N5/c20-19(21)18-14(17-10-23-15-5-1-2-6-16(15)24-17)11-26(25-18)13-8-12(9-13)4-3-7-22/h1-6,10-13,19H,8-9H2/b4-3+/t12-,13-. The number of allylic oxidation sites excluding steroid dienone is 2. The number of aromatic nitrogens is 4. The van der Waals surface area contributed by atoms with Gasteiger partial charge in [-0.1, -0.05) is 18.2 Å². The lowest BCUT2D eigenvalue weighted by molar-refractivity contribution is 0.142. The van der Waals surface area contributed by atoms with Crippen LogP contribution < -0.4 is 0 Å². The lowest BCUT2D eigenvalue weighted by atomic mass is 9.80. The molecule has 5 nitrogen and oxygen atoms in total. The molecule has 3 aromatic rings. The zero-order valence-electron chi connectivity index (χ0n) is 13.8. The van der Waals surface area contributed by atoms with Gasteiger partial charge in [-0.2, -0.15) is 10.4 Å². The molecule has 26 heavy (non-hydrogen) atoms. The van der Waals surface area contributed by atoms with Crippen molar-refractivity contribution >= 4 is 11.0 Å². The number of alkyl halides is 2. The van der Waals surface area contributed by atoms with Crippen LogP contribution in [-0.2, 0) is 0 Å². The van der Waals surface area contributed by atoms with Crippen LogP contribution in [0.2, 0.25) is 0 Å². The number of para-hydroxylation sites is 2. The van der Waals surface area contributed by atoms with Gasteiger partial charge in [-0.25, -0.2) is 13.8 Å². The van der Waals surface area contributed by atoms with Gasteiger partial charge in [0.25, 0.3) is 6.43 Å². The Morgan fingerprint density at radius 3 is 2.73 bits per heavy atom. The minimum atomic E-state index is -2.69. The first-order chi connectivity index (χ1) is 12.7. The van der Waals surface area contributed by atoms with E-state index in [0.717, 1.165) is 12.8 Å². The topological polar surface area (TPSA) is 67.4 Å². The molecule has 0 aliphatic heterocycles. The molecule has 130 valence electrons. The Hall–Kier alpha value is -3.14. The fraction of sp³-hybridized carbons (Fsp3) is 0.263. The van der Waals surface area contributed by atoms with Crippen LogP contribution >= 0.6 is 0 Å². The summed E-state index contributed by atoms with van der Waals surface area (Å²) in [6.45, 7) is 0. The Labute approximate surface area is 148 Å². The molecule has 1 aliphatic carbocycles. The van der Waals surface area contributed by atoms with E-state index in [1.165, 1.54) is 12.3 Å². The summed E-state index contributed by atoms with van der Waals surface area (Å²) in [5.74, 6) is 0.294. The number of nitrogens with zero attached hydrogens (tertiary/aromatic N) is 5. The van der Waals surface area contributed by atoms with E-state index in [4.69, 9.17) is 5.26 Å². The van der Waals surface area contributed by atoms with Gasteiger partial charge in [-0.05, 0) is 30.9 Å². The predicted molar refractivity (Wildman–Crippen MR) is 92.2 cm³/mol. The van der Waals surface area contributed by atoms with Gasteiger partial charge in [-0.15, -0.1) is 0 Å². The number of hydrogen-bond donors (Lipinski definition) is 0. The molecule has 1 aliphatic rings. The minimum Gasteiger partial charge on any atom is -0.268 e. The smallest absolute Gasteiger partial charge is 0.268 e. The predicted octanol–water partition coefficient (Wildman–Crippen LogP) is 4.46. The maximum Gasteiger partial charge on any atom is 0.282 e.